The van der Waals surface area contributed by atoms with Gasteiger partial charge in [-0.15, -0.1) is 0 Å². The summed E-state index contributed by atoms with van der Waals surface area (Å²) in [6.45, 7) is 8.86. The Morgan fingerprint density at radius 1 is 1.21 bits per heavy atom. The highest BCUT2D eigenvalue weighted by Crippen LogP contribution is 2.36. The third-order valence-electron chi connectivity index (χ3n) is 4.48. The van der Waals surface area contributed by atoms with Crippen molar-refractivity contribution in [1.29, 1.82) is 0 Å². The Balaban J connectivity index is 1.91. The van der Waals surface area contributed by atoms with Crippen LogP contribution in [0.4, 0.5) is 0 Å². The Labute approximate surface area is 114 Å². The van der Waals surface area contributed by atoms with Gasteiger partial charge in [-0.3, -0.25) is 5.32 Å². The zero-order valence-corrected chi connectivity index (χ0v) is 11.9. The largest absolute Gasteiger partial charge is 0.494 e. The van der Waals surface area contributed by atoms with E-state index in [4.69, 9.17) is 9.31 Å². The molecule has 5 heteroatoms. The average molecular weight is 261 g/mol. The summed E-state index contributed by atoms with van der Waals surface area (Å²) in [5, 5.41) is 12.9. The van der Waals surface area contributed by atoms with Crippen LogP contribution in [0.25, 0.3) is 0 Å². The maximum absolute atomic E-state index is 9.86. The smallest absolute Gasteiger partial charge is 0.399 e. The lowest BCUT2D eigenvalue weighted by molar-refractivity contribution is 0.00578. The minimum Gasteiger partial charge on any atom is -0.399 e. The van der Waals surface area contributed by atoms with E-state index < -0.39 is 6.23 Å². The molecule has 0 radical (unpaired) electrons. The molecule has 0 amide bonds. The van der Waals surface area contributed by atoms with Gasteiger partial charge in [0.15, 0.2) is 0 Å². The van der Waals surface area contributed by atoms with Crippen molar-refractivity contribution in [2.45, 2.75) is 51.7 Å². The van der Waals surface area contributed by atoms with Gasteiger partial charge < -0.3 is 14.4 Å². The normalized spacial score (nSPS) is 27.6. The fraction of sp³-hybridized carbons (Fsp3) is 0.571. The van der Waals surface area contributed by atoms with E-state index in [1.165, 1.54) is 0 Å². The summed E-state index contributed by atoms with van der Waals surface area (Å²) in [6.07, 6.45) is -0.586. The van der Waals surface area contributed by atoms with Gasteiger partial charge in [0.05, 0.1) is 11.2 Å². The molecule has 1 aromatic carbocycles. The predicted molar refractivity (Wildman–Crippen MR) is 74.0 cm³/mol. The first kappa shape index (κ1) is 13.1. The van der Waals surface area contributed by atoms with E-state index >= 15 is 0 Å². The third-order valence-corrected chi connectivity index (χ3v) is 4.48. The van der Waals surface area contributed by atoms with E-state index in [-0.39, 0.29) is 18.3 Å². The molecule has 0 spiro atoms. The molecule has 3 rings (SSSR count). The maximum atomic E-state index is 9.86. The van der Waals surface area contributed by atoms with Crippen molar-refractivity contribution in [3.8, 4) is 0 Å². The Morgan fingerprint density at radius 2 is 1.84 bits per heavy atom. The van der Waals surface area contributed by atoms with Crippen molar-refractivity contribution in [1.82, 2.24) is 5.32 Å². The molecule has 2 heterocycles. The minimum absolute atomic E-state index is 0.340. The summed E-state index contributed by atoms with van der Waals surface area (Å²) in [5.74, 6) is 0. The lowest BCUT2D eigenvalue weighted by atomic mass is 9.78. The quantitative estimate of drug-likeness (QED) is 0.743. The summed E-state index contributed by atoms with van der Waals surface area (Å²) < 4.78 is 12.0. The van der Waals surface area contributed by atoms with E-state index in [1.54, 1.807) is 0 Å². The second-order valence-electron chi connectivity index (χ2n) is 6.33. The van der Waals surface area contributed by atoms with Crippen LogP contribution in [0.2, 0.25) is 0 Å². The average Bonchev–Trinajstić information content (AvgIpc) is 2.78. The zero-order valence-electron chi connectivity index (χ0n) is 11.9. The van der Waals surface area contributed by atoms with E-state index in [1.807, 2.05) is 45.9 Å². The van der Waals surface area contributed by atoms with Gasteiger partial charge in [0.2, 0.25) is 0 Å². The Hall–Kier alpha value is -0.875. The minimum atomic E-state index is -0.586. The fourth-order valence-electron chi connectivity index (χ4n) is 2.47. The van der Waals surface area contributed by atoms with Gasteiger partial charge in [-0.1, -0.05) is 18.2 Å². The molecule has 0 bridgehead atoms. The van der Waals surface area contributed by atoms with E-state index in [0.717, 1.165) is 16.6 Å². The van der Waals surface area contributed by atoms with E-state index in [0.29, 0.717) is 6.54 Å². The van der Waals surface area contributed by atoms with Crippen molar-refractivity contribution in [2.24, 2.45) is 0 Å². The molecule has 0 aliphatic carbocycles. The first-order chi connectivity index (χ1) is 8.80. The molecule has 2 aliphatic rings. The van der Waals surface area contributed by atoms with Gasteiger partial charge in [-0.25, -0.2) is 0 Å². The Morgan fingerprint density at radius 3 is 2.47 bits per heavy atom. The van der Waals surface area contributed by atoms with Crippen LogP contribution in [-0.4, -0.2) is 23.4 Å². The molecule has 1 fully saturated rings. The number of nitrogens with one attached hydrogen (secondary N) is 1. The number of aliphatic hydroxyl groups is 1. The van der Waals surface area contributed by atoms with Gasteiger partial charge >= 0.3 is 7.12 Å². The SMILES string of the molecule is CC1(C)OB(c2ccc3c(c2)C(O)NC3)OC1(C)C. The summed E-state index contributed by atoms with van der Waals surface area (Å²) in [5.41, 5.74) is 2.33. The monoisotopic (exact) mass is 261 g/mol. The third kappa shape index (κ3) is 2.01. The molecule has 2 aliphatic heterocycles. The van der Waals surface area contributed by atoms with Crippen molar-refractivity contribution < 1.29 is 14.4 Å². The van der Waals surface area contributed by atoms with Crippen molar-refractivity contribution in [2.75, 3.05) is 0 Å². The number of hydrogen-bond donors (Lipinski definition) is 2. The molecular weight excluding hydrogens is 241 g/mol. The van der Waals surface area contributed by atoms with E-state index in [2.05, 4.69) is 5.32 Å². The molecule has 1 saturated heterocycles. The van der Waals surface area contributed by atoms with Crippen LogP contribution in [0.15, 0.2) is 18.2 Å². The highest BCUT2D eigenvalue weighted by Gasteiger charge is 2.51. The molecule has 1 atom stereocenters. The second-order valence-corrected chi connectivity index (χ2v) is 6.33. The second kappa shape index (κ2) is 4.06. The van der Waals surface area contributed by atoms with Gasteiger partial charge in [-0.05, 0) is 44.3 Å². The molecule has 2 N–H and O–H groups in total. The van der Waals surface area contributed by atoms with Crippen LogP contribution in [0.1, 0.15) is 45.0 Å². The molecule has 1 unspecified atom stereocenters. The van der Waals surface area contributed by atoms with Gasteiger partial charge in [0.25, 0.3) is 0 Å². The highest BCUT2D eigenvalue weighted by atomic mass is 16.7. The lowest BCUT2D eigenvalue weighted by Gasteiger charge is -2.32. The molecule has 4 nitrogen and oxygen atoms in total. The highest BCUT2D eigenvalue weighted by molar-refractivity contribution is 6.62. The van der Waals surface area contributed by atoms with Crippen LogP contribution in [0.5, 0.6) is 0 Å². The number of rotatable bonds is 1. The van der Waals surface area contributed by atoms with Crippen LogP contribution >= 0.6 is 0 Å². The first-order valence-corrected chi connectivity index (χ1v) is 6.70. The maximum Gasteiger partial charge on any atom is 0.494 e. The first-order valence-electron chi connectivity index (χ1n) is 6.70. The van der Waals surface area contributed by atoms with Crippen LogP contribution in [0, 0.1) is 0 Å². The van der Waals surface area contributed by atoms with Gasteiger partial charge in [0.1, 0.15) is 6.23 Å². The predicted octanol–water partition coefficient (Wildman–Crippen LogP) is 1.08. The summed E-state index contributed by atoms with van der Waals surface area (Å²) in [6, 6.07) is 6.02. The Bertz CT molecular complexity index is 499. The molecule has 1 aromatic rings. The summed E-state index contributed by atoms with van der Waals surface area (Å²) in [4.78, 5) is 0. The van der Waals surface area contributed by atoms with Crippen molar-refractivity contribution in [3.05, 3.63) is 29.3 Å². The Kier molecular flexibility index (Phi) is 2.80. The van der Waals surface area contributed by atoms with Gasteiger partial charge in [-0.2, -0.15) is 0 Å². The van der Waals surface area contributed by atoms with Gasteiger partial charge in [0, 0.05) is 6.54 Å². The van der Waals surface area contributed by atoms with E-state index in [9.17, 15) is 5.11 Å². The van der Waals surface area contributed by atoms with Crippen LogP contribution in [-0.2, 0) is 15.9 Å². The number of benzene rings is 1. The number of hydrogen-bond acceptors (Lipinski definition) is 4. The molecule has 19 heavy (non-hydrogen) atoms. The van der Waals surface area contributed by atoms with Crippen molar-refractivity contribution >= 4 is 12.6 Å². The number of aliphatic hydroxyl groups excluding tert-OH is 1. The summed E-state index contributed by atoms with van der Waals surface area (Å²) >= 11 is 0. The fourth-order valence-corrected chi connectivity index (χ4v) is 2.47. The summed E-state index contributed by atoms with van der Waals surface area (Å²) in [7, 11) is -0.372. The number of fused-ring (bicyclic) bond motifs is 1. The zero-order chi connectivity index (χ0) is 13.8. The topological polar surface area (TPSA) is 50.7 Å². The molecular formula is C14H20BNO3. The molecule has 102 valence electrons. The van der Waals surface area contributed by atoms with Crippen LogP contribution < -0.4 is 10.8 Å². The molecule has 0 saturated carbocycles. The molecule has 0 aromatic heterocycles. The standard InChI is InChI=1S/C14H20BNO3/c1-13(2)14(3,4)19-15(18-13)10-6-5-9-8-16-12(17)11(9)7-10/h5-7,12,16-17H,8H2,1-4H3. The van der Waals surface area contributed by atoms with Crippen molar-refractivity contribution in [3.63, 3.8) is 0 Å². The van der Waals surface area contributed by atoms with Crippen LogP contribution in [0.3, 0.4) is 0 Å². The lowest BCUT2D eigenvalue weighted by Crippen LogP contribution is -2.41.